The van der Waals surface area contributed by atoms with Crippen molar-refractivity contribution in [2.24, 2.45) is 0 Å². The number of fused-ring (bicyclic) bond motifs is 10. The first-order valence-corrected chi connectivity index (χ1v) is 22.3. The molecular formula is C58H34OSe. The van der Waals surface area contributed by atoms with Crippen molar-refractivity contribution < 1.29 is 4.42 Å². The summed E-state index contributed by atoms with van der Waals surface area (Å²) in [6, 6.07) is 76.2. The standard InChI is InChI=1S/C58H34OSe/c1-2-15-35(16-3-1)54-39-18-4-6-20-41(39)56(42-21-7-5-19-40(42)54)37-29-31-47-53(34-37)60-52-28-14-26-48(58(47)52)57-45-24-10-8-22-43(45)55(44-23-9-11-25-46(44)57)36-30-32-51-49(33-36)38-17-12-13-27-50(38)59-51/h1-34H. The van der Waals surface area contributed by atoms with Gasteiger partial charge in [-0.3, -0.25) is 0 Å². The molecule has 2 heteroatoms. The Labute approximate surface area is 352 Å². The summed E-state index contributed by atoms with van der Waals surface area (Å²) >= 11 is 0.153. The van der Waals surface area contributed by atoms with E-state index in [1.807, 2.05) is 6.07 Å². The summed E-state index contributed by atoms with van der Waals surface area (Å²) in [5.74, 6) is 0. The first-order chi connectivity index (χ1) is 29.8. The van der Waals surface area contributed by atoms with E-state index in [0.29, 0.717) is 0 Å². The van der Waals surface area contributed by atoms with Gasteiger partial charge in [0.25, 0.3) is 0 Å². The molecule has 0 atom stereocenters. The number of benzene rings is 11. The first kappa shape index (κ1) is 33.7. The van der Waals surface area contributed by atoms with Crippen LogP contribution in [0, 0.1) is 0 Å². The van der Waals surface area contributed by atoms with Crippen LogP contribution in [-0.2, 0) is 0 Å². The van der Waals surface area contributed by atoms with Crippen LogP contribution >= 0.6 is 0 Å². The van der Waals surface area contributed by atoms with Gasteiger partial charge in [-0.25, -0.2) is 0 Å². The summed E-state index contributed by atoms with van der Waals surface area (Å²) in [6.07, 6.45) is 0. The average Bonchev–Trinajstić information content (AvgIpc) is 3.88. The van der Waals surface area contributed by atoms with E-state index in [-0.39, 0.29) is 14.5 Å². The van der Waals surface area contributed by atoms with Crippen LogP contribution < -0.4 is 0 Å². The second-order valence-electron chi connectivity index (χ2n) is 15.8. The molecule has 0 N–H and O–H groups in total. The van der Waals surface area contributed by atoms with Crippen LogP contribution in [0.2, 0.25) is 0 Å². The molecule has 2 heterocycles. The zero-order chi connectivity index (χ0) is 39.3. The van der Waals surface area contributed by atoms with Gasteiger partial charge in [-0.2, -0.15) is 0 Å². The zero-order valence-corrected chi connectivity index (χ0v) is 34.2. The molecule has 11 aromatic carbocycles. The molecule has 0 bridgehead atoms. The van der Waals surface area contributed by atoms with Crippen LogP contribution in [0.5, 0.6) is 0 Å². The van der Waals surface area contributed by atoms with E-state index in [1.165, 1.54) is 107 Å². The number of hydrogen-bond acceptors (Lipinski definition) is 1. The fourth-order valence-electron chi connectivity index (χ4n) is 10.2. The maximum atomic E-state index is 6.26. The molecule has 1 nitrogen and oxygen atoms in total. The Kier molecular flexibility index (Phi) is 7.39. The Hall–Kier alpha value is -7.22. The summed E-state index contributed by atoms with van der Waals surface area (Å²) in [6.45, 7) is 0. The van der Waals surface area contributed by atoms with Crippen LogP contribution in [0.4, 0.5) is 0 Å². The molecule has 2 aromatic heterocycles. The van der Waals surface area contributed by atoms with E-state index in [0.717, 1.165) is 21.9 Å². The minimum atomic E-state index is 0.153. The van der Waals surface area contributed by atoms with Crippen molar-refractivity contribution in [3.63, 3.8) is 0 Å². The van der Waals surface area contributed by atoms with Crippen LogP contribution in [0.1, 0.15) is 0 Å². The topological polar surface area (TPSA) is 13.1 Å². The van der Waals surface area contributed by atoms with Crippen molar-refractivity contribution in [2.45, 2.75) is 0 Å². The Morgan fingerprint density at radius 1 is 0.267 bits per heavy atom. The number of para-hydroxylation sites is 1. The van der Waals surface area contributed by atoms with Gasteiger partial charge in [0.15, 0.2) is 0 Å². The molecule has 0 aliphatic rings. The molecule has 0 amide bonds. The second kappa shape index (κ2) is 13.1. The minimum absolute atomic E-state index is 0.153. The Balaban J connectivity index is 1.05. The summed E-state index contributed by atoms with van der Waals surface area (Å²) in [4.78, 5) is 0. The molecule has 13 aromatic rings. The van der Waals surface area contributed by atoms with Gasteiger partial charge in [-0.1, -0.05) is 12.1 Å². The van der Waals surface area contributed by atoms with E-state index in [2.05, 4.69) is 200 Å². The fraction of sp³-hybridized carbons (Fsp3) is 0. The van der Waals surface area contributed by atoms with Gasteiger partial charge in [0, 0.05) is 0 Å². The molecule has 0 spiro atoms. The third kappa shape index (κ3) is 4.93. The van der Waals surface area contributed by atoms with Gasteiger partial charge in [0.2, 0.25) is 0 Å². The maximum absolute atomic E-state index is 6.26. The van der Waals surface area contributed by atoms with E-state index >= 15 is 0 Å². The predicted octanol–water partition coefficient (Wildman–Crippen LogP) is 16.2. The normalized spacial score (nSPS) is 12.0. The van der Waals surface area contributed by atoms with Gasteiger partial charge in [0.05, 0.1) is 0 Å². The van der Waals surface area contributed by atoms with E-state index in [1.54, 1.807) is 0 Å². The molecule has 0 unspecified atom stereocenters. The predicted molar refractivity (Wildman–Crippen MR) is 257 cm³/mol. The molecular weight excluding hydrogens is 792 g/mol. The van der Waals surface area contributed by atoms with Crippen LogP contribution in [0.15, 0.2) is 211 Å². The van der Waals surface area contributed by atoms with Gasteiger partial charge in [-0.05, 0) is 6.07 Å². The van der Waals surface area contributed by atoms with Crippen molar-refractivity contribution in [1.82, 2.24) is 0 Å². The van der Waals surface area contributed by atoms with Crippen molar-refractivity contribution >= 4 is 98.8 Å². The molecule has 0 radical (unpaired) electrons. The average molecular weight is 826 g/mol. The Bertz CT molecular complexity index is 3770. The van der Waals surface area contributed by atoms with Gasteiger partial charge in [-0.15, -0.1) is 0 Å². The van der Waals surface area contributed by atoms with Crippen molar-refractivity contribution in [3.8, 4) is 44.5 Å². The number of hydrogen-bond donors (Lipinski definition) is 0. The Morgan fingerprint density at radius 2 is 0.733 bits per heavy atom. The SMILES string of the molecule is c1ccc(-c2c3ccccc3c(-c3ccc4c(c3)[se]c3cccc(-c5c6ccccc6c(-c6ccc7oc8ccccc8c7c6)c6ccccc56)c34)c3ccccc23)cc1. The fourth-order valence-corrected chi connectivity index (χ4v) is 12.6. The van der Waals surface area contributed by atoms with Crippen LogP contribution in [-0.4, -0.2) is 14.5 Å². The van der Waals surface area contributed by atoms with Gasteiger partial charge >= 0.3 is 336 Å². The molecule has 0 aliphatic heterocycles. The molecule has 0 saturated heterocycles. The van der Waals surface area contributed by atoms with Crippen molar-refractivity contribution in [2.75, 3.05) is 0 Å². The number of rotatable bonds is 4. The monoisotopic (exact) mass is 826 g/mol. The molecule has 0 fully saturated rings. The van der Waals surface area contributed by atoms with E-state index in [4.69, 9.17) is 4.42 Å². The third-order valence-electron chi connectivity index (χ3n) is 12.6. The molecule has 278 valence electrons. The number of furan rings is 1. The van der Waals surface area contributed by atoms with Crippen molar-refractivity contribution in [1.29, 1.82) is 0 Å². The summed E-state index contributed by atoms with van der Waals surface area (Å²) in [7, 11) is 0. The molecule has 0 aliphatic carbocycles. The van der Waals surface area contributed by atoms with Crippen LogP contribution in [0.25, 0.3) is 129 Å². The summed E-state index contributed by atoms with van der Waals surface area (Å²) in [5.41, 5.74) is 12.0. The summed E-state index contributed by atoms with van der Waals surface area (Å²) < 4.78 is 9.14. The van der Waals surface area contributed by atoms with Gasteiger partial charge in [0.1, 0.15) is 0 Å². The molecule has 13 rings (SSSR count). The van der Waals surface area contributed by atoms with Crippen molar-refractivity contribution in [3.05, 3.63) is 206 Å². The molecule has 60 heavy (non-hydrogen) atoms. The zero-order valence-electron chi connectivity index (χ0n) is 32.4. The van der Waals surface area contributed by atoms with E-state index in [9.17, 15) is 0 Å². The van der Waals surface area contributed by atoms with Gasteiger partial charge < -0.3 is 0 Å². The van der Waals surface area contributed by atoms with E-state index < -0.39 is 0 Å². The quantitative estimate of drug-likeness (QED) is 0.127. The van der Waals surface area contributed by atoms with Crippen LogP contribution in [0.3, 0.4) is 0 Å². The Morgan fingerprint density at radius 3 is 1.33 bits per heavy atom. The molecule has 0 saturated carbocycles. The summed E-state index contributed by atoms with van der Waals surface area (Å²) in [5, 5.41) is 15.2. The first-order valence-electron chi connectivity index (χ1n) is 20.6. The second-order valence-corrected chi connectivity index (χ2v) is 18.1. The third-order valence-corrected chi connectivity index (χ3v) is 15.0.